The molecule has 1 N–H and O–H groups in total. The summed E-state index contributed by atoms with van der Waals surface area (Å²) < 4.78 is 4.76. The zero-order valence-corrected chi connectivity index (χ0v) is 8.87. The molecule has 0 saturated heterocycles. The lowest BCUT2D eigenvalue weighted by Gasteiger charge is -1.97. The maximum atomic E-state index is 10.4. The second kappa shape index (κ2) is 10.3. The number of rotatable bonds is 8. The van der Waals surface area contributed by atoms with Crippen LogP contribution in [0.4, 0.5) is 0 Å². The average molecular weight is 200 g/mol. The molecule has 0 heterocycles. The van der Waals surface area contributed by atoms with Crippen molar-refractivity contribution in [2.45, 2.75) is 39.0 Å². The minimum atomic E-state index is -0.221. The number of carbonyl (C=O) groups is 1. The monoisotopic (exact) mass is 200 g/mol. The second-order valence-corrected chi connectivity index (χ2v) is 3.17. The van der Waals surface area contributed by atoms with Gasteiger partial charge in [-0.25, -0.2) is 0 Å². The van der Waals surface area contributed by atoms with Crippen LogP contribution in [0, 0.1) is 0 Å². The van der Waals surface area contributed by atoms with E-state index < -0.39 is 0 Å². The highest BCUT2D eigenvalue weighted by Crippen LogP contribution is 2.00. The molecule has 0 atom stereocenters. The van der Waals surface area contributed by atoms with Crippen molar-refractivity contribution in [3.05, 3.63) is 12.2 Å². The Labute approximate surface area is 85.8 Å². The van der Waals surface area contributed by atoms with Crippen molar-refractivity contribution in [1.29, 1.82) is 0 Å². The van der Waals surface area contributed by atoms with Gasteiger partial charge in [0.1, 0.15) is 0 Å². The van der Waals surface area contributed by atoms with Gasteiger partial charge in [-0.3, -0.25) is 4.79 Å². The molecule has 0 spiro atoms. The highest BCUT2D eigenvalue weighted by atomic mass is 16.5. The summed E-state index contributed by atoms with van der Waals surface area (Å²) in [6.07, 6.45) is 9.04. The van der Waals surface area contributed by atoms with E-state index >= 15 is 0 Å². The highest BCUT2D eigenvalue weighted by Gasteiger charge is 1.89. The third kappa shape index (κ3) is 11.2. The van der Waals surface area contributed by atoms with Crippen LogP contribution in [0.25, 0.3) is 0 Å². The number of aliphatic hydroxyl groups is 1. The van der Waals surface area contributed by atoms with Gasteiger partial charge in [0.2, 0.25) is 0 Å². The molecule has 0 aliphatic heterocycles. The van der Waals surface area contributed by atoms with E-state index in [-0.39, 0.29) is 12.6 Å². The van der Waals surface area contributed by atoms with E-state index in [0.717, 1.165) is 32.1 Å². The first-order valence-corrected chi connectivity index (χ1v) is 5.16. The molecule has 0 unspecified atom stereocenters. The zero-order valence-electron chi connectivity index (χ0n) is 8.87. The van der Waals surface area contributed by atoms with Gasteiger partial charge >= 0.3 is 5.97 Å². The first-order valence-electron chi connectivity index (χ1n) is 5.16. The van der Waals surface area contributed by atoms with E-state index in [1.165, 1.54) is 6.92 Å². The first kappa shape index (κ1) is 13.2. The Morgan fingerprint density at radius 3 is 2.57 bits per heavy atom. The number of hydrogen-bond donors (Lipinski definition) is 1. The zero-order chi connectivity index (χ0) is 10.6. The highest BCUT2D eigenvalue weighted by molar-refractivity contribution is 5.65. The molecule has 0 rings (SSSR count). The molecule has 3 nitrogen and oxygen atoms in total. The van der Waals surface area contributed by atoms with Crippen molar-refractivity contribution < 1.29 is 14.6 Å². The maximum Gasteiger partial charge on any atom is 0.302 e. The number of allylic oxidation sites excluding steroid dienone is 1. The Morgan fingerprint density at radius 2 is 1.93 bits per heavy atom. The number of esters is 1. The van der Waals surface area contributed by atoms with Gasteiger partial charge in [0.15, 0.2) is 0 Å². The number of ether oxygens (including phenoxy) is 1. The largest absolute Gasteiger partial charge is 0.466 e. The van der Waals surface area contributed by atoms with Crippen molar-refractivity contribution in [2.75, 3.05) is 13.2 Å². The number of unbranched alkanes of at least 4 members (excludes halogenated alkanes) is 3. The van der Waals surface area contributed by atoms with Gasteiger partial charge in [-0.05, 0) is 25.7 Å². The summed E-state index contributed by atoms with van der Waals surface area (Å²) in [7, 11) is 0. The minimum absolute atomic E-state index is 0.221. The van der Waals surface area contributed by atoms with Crippen LogP contribution in [-0.4, -0.2) is 24.3 Å². The predicted octanol–water partition coefficient (Wildman–Crippen LogP) is 2.05. The second-order valence-electron chi connectivity index (χ2n) is 3.17. The van der Waals surface area contributed by atoms with Gasteiger partial charge in [0.25, 0.3) is 0 Å². The SMILES string of the molecule is CC(=O)OCC/C=C/CCCCCO. The van der Waals surface area contributed by atoms with Crippen molar-refractivity contribution in [1.82, 2.24) is 0 Å². The Kier molecular flexibility index (Phi) is 9.64. The number of aliphatic hydroxyl groups excluding tert-OH is 1. The van der Waals surface area contributed by atoms with E-state index in [1.54, 1.807) is 0 Å². The van der Waals surface area contributed by atoms with E-state index in [0.29, 0.717) is 6.61 Å². The van der Waals surface area contributed by atoms with E-state index in [2.05, 4.69) is 6.08 Å². The van der Waals surface area contributed by atoms with Gasteiger partial charge < -0.3 is 9.84 Å². The molecule has 82 valence electrons. The fraction of sp³-hybridized carbons (Fsp3) is 0.727. The summed E-state index contributed by atoms with van der Waals surface area (Å²) >= 11 is 0. The lowest BCUT2D eigenvalue weighted by atomic mass is 10.2. The minimum Gasteiger partial charge on any atom is -0.466 e. The normalized spacial score (nSPS) is 10.7. The van der Waals surface area contributed by atoms with E-state index in [9.17, 15) is 4.79 Å². The summed E-state index contributed by atoms with van der Waals surface area (Å²) in [5.74, 6) is -0.221. The van der Waals surface area contributed by atoms with E-state index in [1.807, 2.05) is 6.08 Å². The van der Waals surface area contributed by atoms with Crippen molar-refractivity contribution in [3.8, 4) is 0 Å². The summed E-state index contributed by atoms with van der Waals surface area (Å²) in [6, 6.07) is 0. The molecule has 0 radical (unpaired) electrons. The molecule has 3 heteroatoms. The van der Waals surface area contributed by atoms with Gasteiger partial charge in [-0.1, -0.05) is 18.6 Å². The summed E-state index contributed by atoms with van der Waals surface area (Å²) in [4.78, 5) is 10.4. The molecule has 14 heavy (non-hydrogen) atoms. The molecule has 0 bridgehead atoms. The van der Waals surface area contributed by atoms with Crippen LogP contribution in [0.3, 0.4) is 0 Å². The molecule has 0 saturated carbocycles. The van der Waals surface area contributed by atoms with Crippen LogP contribution in [0.1, 0.15) is 39.0 Å². The quantitative estimate of drug-likeness (QED) is 0.370. The lowest BCUT2D eigenvalue weighted by molar-refractivity contribution is -0.140. The Hall–Kier alpha value is -0.830. The van der Waals surface area contributed by atoms with Crippen LogP contribution >= 0.6 is 0 Å². The fourth-order valence-corrected chi connectivity index (χ4v) is 1.06. The molecule has 0 aromatic rings. The first-order chi connectivity index (χ1) is 6.77. The predicted molar refractivity (Wildman–Crippen MR) is 55.9 cm³/mol. The molecule has 0 aliphatic carbocycles. The number of hydrogen-bond acceptors (Lipinski definition) is 3. The third-order valence-electron chi connectivity index (χ3n) is 1.79. The molecule has 0 fully saturated rings. The Bertz CT molecular complexity index is 164. The maximum absolute atomic E-state index is 10.4. The molecule has 0 aliphatic rings. The summed E-state index contributed by atoms with van der Waals surface area (Å²) in [5.41, 5.74) is 0. The molecule has 0 amide bonds. The van der Waals surface area contributed by atoms with Gasteiger partial charge in [0.05, 0.1) is 6.61 Å². The smallest absolute Gasteiger partial charge is 0.302 e. The van der Waals surface area contributed by atoms with Crippen LogP contribution in [0.5, 0.6) is 0 Å². The van der Waals surface area contributed by atoms with Gasteiger partial charge in [-0.15, -0.1) is 0 Å². The van der Waals surface area contributed by atoms with Crippen molar-refractivity contribution >= 4 is 5.97 Å². The van der Waals surface area contributed by atoms with Gasteiger partial charge in [0, 0.05) is 13.5 Å². The van der Waals surface area contributed by atoms with E-state index in [4.69, 9.17) is 9.84 Å². The standard InChI is InChI=1S/C11H20O3/c1-11(13)14-10-8-6-4-2-3-5-7-9-12/h4,6,12H,2-3,5,7-10H2,1H3/b6-4+. The molecular weight excluding hydrogens is 180 g/mol. The Morgan fingerprint density at radius 1 is 1.21 bits per heavy atom. The summed E-state index contributed by atoms with van der Waals surface area (Å²) in [6.45, 7) is 2.18. The van der Waals surface area contributed by atoms with Crippen LogP contribution in [0.15, 0.2) is 12.2 Å². The lowest BCUT2D eigenvalue weighted by Crippen LogP contribution is -1.98. The van der Waals surface area contributed by atoms with Crippen molar-refractivity contribution in [2.24, 2.45) is 0 Å². The number of carbonyl (C=O) groups excluding carboxylic acids is 1. The third-order valence-corrected chi connectivity index (χ3v) is 1.79. The Balaban J connectivity index is 3.07. The summed E-state index contributed by atoms with van der Waals surface area (Å²) in [5, 5.41) is 8.52. The fourth-order valence-electron chi connectivity index (χ4n) is 1.06. The van der Waals surface area contributed by atoms with Crippen LogP contribution in [-0.2, 0) is 9.53 Å². The molecular formula is C11H20O3. The topological polar surface area (TPSA) is 46.5 Å². The average Bonchev–Trinajstić information content (AvgIpc) is 2.15. The molecule has 0 aromatic heterocycles. The molecule has 0 aromatic carbocycles. The van der Waals surface area contributed by atoms with Crippen LogP contribution in [0.2, 0.25) is 0 Å². The van der Waals surface area contributed by atoms with Gasteiger partial charge in [-0.2, -0.15) is 0 Å². The van der Waals surface area contributed by atoms with Crippen molar-refractivity contribution in [3.63, 3.8) is 0 Å². The van der Waals surface area contributed by atoms with Crippen LogP contribution < -0.4 is 0 Å².